The highest BCUT2D eigenvalue weighted by atomic mass is 16.1. The second-order valence-corrected chi connectivity index (χ2v) is 7.81. The lowest BCUT2D eigenvalue weighted by molar-refractivity contribution is 0.102. The molecular weight excluding hydrogens is 356 g/mol. The number of rotatable bonds is 6. The summed E-state index contributed by atoms with van der Waals surface area (Å²) in [6, 6.07) is 26.4. The molecule has 1 aliphatic heterocycles. The van der Waals surface area contributed by atoms with Crippen LogP contribution in [0.5, 0.6) is 0 Å². The molecule has 3 aromatic carbocycles. The fourth-order valence-electron chi connectivity index (χ4n) is 3.94. The van der Waals surface area contributed by atoms with Gasteiger partial charge in [0.15, 0.2) is 0 Å². The molecule has 0 atom stereocenters. The van der Waals surface area contributed by atoms with Crippen LogP contribution in [0, 0.1) is 0 Å². The van der Waals surface area contributed by atoms with E-state index in [4.69, 9.17) is 0 Å². The van der Waals surface area contributed by atoms with Crippen LogP contribution >= 0.6 is 0 Å². The third-order valence-electron chi connectivity index (χ3n) is 5.57. The van der Waals surface area contributed by atoms with E-state index in [1.807, 2.05) is 48.5 Å². The summed E-state index contributed by atoms with van der Waals surface area (Å²) in [6.45, 7) is 3.34. The zero-order valence-electron chi connectivity index (χ0n) is 16.8. The molecule has 1 aliphatic rings. The van der Waals surface area contributed by atoms with Crippen LogP contribution in [-0.4, -0.2) is 23.9 Å². The third-order valence-corrected chi connectivity index (χ3v) is 5.57. The number of anilines is 1. The van der Waals surface area contributed by atoms with Gasteiger partial charge in [-0.3, -0.25) is 9.69 Å². The fourth-order valence-corrected chi connectivity index (χ4v) is 3.94. The van der Waals surface area contributed by atoms with Crippen LogP contribution in [0.15, 0.2) is 78.9 Å². The van der Waals surface area contributed by atoms with Crippen LogP contribution < -0.4 is 5.32 Å². The zero-order chi connectivity index (χ0) is 19.9. The molecule has 4 rings (SSSR count). The highest BCUT2D eigenvalue weighted by Crippen LogP contribution is 2.20. The maximum absolute atomic E-state index is 12.8. The van der Waals surface area contributed by atoms with Gasteiger partial charge in [-0.05, 0) is 67.2 Å². The zero-order valence-corrected chi connectivity index (χ0v) is 16.8. The molecule has 0 aromatic heterocycles. The molecule has 1 N–H and O–H groups in total. The van der Waals surface area contributed by atoms with Crippen LogP contribution in [-0.2, 0) is 13.0 Å². The Hall–Kier alpha value is -2.91. The lowest BCUT2D eigenvalue weighted by Gasteiger charge is -2.26. The number of nitrogens with one attached hydrogen (secondary N) is 1. The second kappa shape index (κ2) is 9.53. The Labute approximate surface area is 173 Å². The summed E-state index contributed by atoms with van der Waals surface area (Å²) in [5.74, 6) is -0.0602. The standard InChI is InChI=1S/C26H28N2O/c29-26(23-15-13-22(14-16-23)20-28-17-7-2-8-18-28)27-25-12-6-5-11-24(25)19-21-9-3-1-4-10-21/h1,3-6,9-16H,2,7-8,17-20H2,(H,27,29). The smallest absolute Gasteiger partial charge is 0.255 e. The van der Waals surface area contributed by atoms with Gasteiger partial charge >= 0.3 is 0 Å². The van der Waals surface area contributed by atoms with Gasteiger partial charge in [0.05, 0.1) is 0 Å². The van der Waals surface area contributed by atoms with Gasteiger partial charge in [0.25, 0.3) is 5.91 Å². The van der Waals surface area contributed by atoms with Crippen molar-refractivity contribution in [2.75, 3.05) is 18.4 Å². The molecule has 1 fully saturated rings. The van der Waals surface area contributed by atoms with Crippen LogP contribution in [0.25, 0.3) is 0 Å². The normalized spacial score (nSPS) is 14.5. The number of piperidine rings is 1. The van der Waals surface area contributed by atoms with Gasteiger partial charge in [0.1, 0.15) is 0 Å². The van der Waals surface area contributed by atoms with Crippen molar-refractivity contribution in [2.45, 2.75) is 32.2 Å². The lowest BCUT2D eigenvalue weighted by Crippen LogP contribution is -2.29. The predicted octanol–water partition coefficient (Wildman–Crippen LogP) is 5.52. The Morgan fingerprint density at radius 1 is 0.759 bits per heavy atom. The first-order valence-electron chi connectivity index (χ1n) is 10.5. The van der Waals surface area contributed by atoms with Gasteiger partial charge in [-0.1, -0.05) is 67.1 Å². The molecule has 0 saturated carbocycles. The second-order valence-electron chi connectivity index (χ2n) is 7.81. The van der Waals surface area contributed by atoms with Crippen LogP contribution in [0.1, 0.15) is 46.3 Å². The van der Waals surface area contributed by atoms with E-state index in [0.29, 0.717) is 5.56 Å². The summed E-state index contributed by atoms with van der Waals surface area (Å²) in [5.41, 5.74) is 5.19. The molecule has 148 valence electrons. The summed E-state index contributed by atoms with van der Waals surface area (Å²) in [6.07, 6.45) is 4.74. The molecule has 3 aromatic rings. The number of carbonyl (C=O) groups excluding carboxylic acids is 1. The first-order valence-corrected chi connectivity index (χ1v) is 10.5. The van der Waals surface area contributed by atoms with Crippen molar-refractivity contribution in [2.24, 2.45) is 0 Å². The van der Waals surface area contributed by atoms with Gasteiger partial charge in [-0.25, -0.2) is 0 Å². The molecule has 1 saturated heterocycles. The van der Waals surface area contributed by atoms with E-state index in [1.165, 1.54) is 43.5 Å². The minimum atomic E-state index is -0.0602. The first-order chi connectivity index (χ1) is 14.3. The average molecular weight is 385 g/mol. The molecule has 0 aliphatic carbocycles. The van der Waals surface area contributed by atoms with Crippen molar-refractivity contribution in [1.29, 1.82) is 0 Å². The largest absolute Gasteiger partial charge is 0.322 e. The van der Waals surface area contributed by atoms with E-state index in [9.17, 15) is 4.79 Å². The number of carbonyl (C=O) groups is 1. The maximum Gasteiger partial charge on any atom is 0.255 e. The molecule has 1 amide bonds. The Morgan fingerprint density at radius 3 is 2.21 bits per heavy atom. The van der Waals surface area contributed by atoms with E-state index in [0.717, 1.165) is 24.2 Å². The van der Waals surface area contributed by atoms with Crippen molar-refractivity contribution < 1.29 is 4.79 Å². The van der Waals surface area contributed by atoms with E-state index >= 15 is 0 Å². The van der Waals surface area contributed by atoms with Gasteiger partial charge in [-0.15, -0.1) is 0 Å². The minimum Gasteiger partial charge on any atom is -0.322 e. The lowest BCUT2D eigenvalue weighted by atomic mass is 10.0. The van der Waals surface area contributed by atoms with Gasteiger partial charge < -0.3 is 5.32 Å². The number of hydrogen-bond acceptors (Lipinski definition) is 2. The highest BCUT2D eigenvalue weighted by molar-refractivity contribution is 6.04. The van der Waals surface area contributed by atoms with E-state index in [1.54, 1.807) is 0 Å². The Bertz CT molecular complexity index is 928. The fraction of sp³-hybridized carbons (Fsp3) is 0.269. The summed E-state index contributed by atoms with van der Waals surface area (Å²) in [4.78, 5) is 15.3. The molecule has 0 radical (unpaired) electrons. The van der Waals surface area contributed by atoms with Gasteiger partial charge in [0, 0.05) is 17.8 Å². The van der Waals surface area contributed by atoms with Crippen molar-refractivity contribution in [3.8, 4) is 0 Å². The monoisotopic (exact) mass is 384 g/mol. The molecule has 0 bridgehead atoms. The number of nitrogens with zero attached hydrogens (tertiary/aromatic N) is 1. The predicted molar refractivity (Wildman–Crippen MR) is 119 cm³/mol. The van der Waals surface area contributed by atoms with Crippen LogP contribution in [0.2, 0.25) is 0 Å². The number of para-hydroxylation sites is 1. The van der Waals surface area contributed by atoms with Crippen molar-refractivity contribution >= 4 is 11.6 Å². The van der Waals surface area contributed by atoms with Gasteiger partial charge in [0.2, 0.25) is 0 Å². The van der Waals surface area contributed by atoms with Crippen molar-refractivity contribution in [1.82, 2.24) is 4.90 Å². The van der Waals surface area contributed by atoms with E-state index < -0.39 is 0 Å². The van der Waals surface area contributed by atoms with Crippen molar-refractivity contribution in [3.05, 3.63) is 101 Å². The Kier molecular flexibility index (Phi) is 6.38. The topological polar surface area (TPSA) is 32.3 Å². The number of amides is 1. The molecular formula is C26H28N2O. The number of likely N-dealkylation sites (tertiary alicyclic amines) is 1. The molecule has 1 heterocycles. The van der Waals surface area contributed by atoms with Crippen LogP contribution in [0.4, 0.5) is 5.69 Å². The maximum atomic E-state index is 12.8. The Balaban J connectivity index is 1.41. The van der Waals surface area contributed by atoms with E-state index in [-0.39, 0.29) is 5.91 Å². The highest BCUT2D eigenvalue weighted by Gasteiger charge is 2.12. The van der Waals surface area contributed by atoms with E-state index in [2.05, 4.69) is 40.5 Å². The summed E-state index contributed by atoms with van der Waals surface area (Å²) < 4.78 is 0. The number of benzene rings is 3. The third kappa shape index (κ3) is 5.33. The molecule has 0 spiro atoms. The molecule has 29 heavy (non-hydrogen) atoms. The summed E-state index contributed by atoms with van der Waals surface area (Å²) >= 11 is 0. The summed E-state index contributed by atoms with van der Waals surface area (Å²) in [7, 11) is 0. The average Bonchev–Trinajstić information content (AvgIpc) is 2.77. The molecule has 0 unspecified atom stereocenters. The molecule has 3 heteroatoms. The molecule has 3 nitrogen and oxygen atoms in total. The minimum absolute atomic E-state index is 0.0602. The summed E-state index contributed by atoms with van der Waals surface area (Å²) in [5, 5.41) is 3.10. The van der Waals surface area contributed by atoms with Gasteiger partial charge in [-0.2, -0.15) is 0 Å². The SMILES string of the molecule is O=C(Nc1ccccc1Cc1ccccc1)c1ccc(CN2CCCCC2)cc1. The van der Waals surface area contributed by atoms with Crippen LogP contribution in [0.3, 0.4) is 0 Å². The first kappa shape index (κ1) is 19.4. The van der Waals surface area contributed by atoms with Crippen molar-refractivity contribution in [3.63, 3.8) is 0 Å². The number of hydrogen-bond donors (Lipinski definition) is 1. The quantitative estimate of drug-likeness (QED) is 0.607. The Morgan fingerprint density at radius 2 is 1.45 bits per heavy atom.